The summed E-state index contributed by atoms with van der Waals surface area (Å²) in [6.07, 6.45) is 0.115. The minimum Gasteiger partial charge on any atom is -0.464 e. The second-order valence-corrected chi connectivity index (χ2v) is 19.8. The van der Waals surface area contributed by atoms with Crippen LogP contribution in [0.1, 0.15) is 76.3 Å². The maximum atomic E-state index is 13.8. The Labute approximate surface area is 436 Å². The van der Waals surface area contributed by atoms with Gasteiger partial charge in [0, 0.05) is 70.5 Å². The van der Waals surface area contributed by atoms with Gasteiger partial charge in [-0.2, -0.15) is 0 Å². The highest BCUT2D eigenvalue weighted by atomic mass is 16.7. The minimum absolute atomic E-state index is 0.0232. The van der Waals surface area contributed by atoms with Gasteiger partial charge in [-0.25, -0.2) is 24.1 Å². The van der Waals surface area contributed by atoms with Crippen LogP contribution in [0.4, 0.5) is 9.59 Å². The fourth-order valence-electron chi connectivity index (χ4n) is 8.61. The van der Waals surface area contributed by atoms with Crippen LogP contribution in [0.25, 0.3) is 38.2 Å². The number of carbonyl (C=O) groups excluding carboxylic acids is 5. The number of nitrogens with one attached hydrogen (secondary N) is 2. The highest BCUT2D eigenvalue weighted by Crippen LogP contribution is 2.47. The summed E-state index contributed by atoms with van der Waals surface area (Å²) in [6, 6.07) is 25.5. The molecule has 4 aromatic carbocycles. The number of H-pyrrole nitrogens is 2. The lowest BCUT2D eigenvalue weighted by Crippen LogP contribution is -2.43. The number of hydrogen-bond acceptors (Lipinski definition) is 14. The van der Waals surface area contributed by atoms with Crippen LogP contribution in [-0.4, -0.2) is 119 Å². The number of rotatable bonds is 9. The summed E-state index contributed by atoms with van der Waals surface area (Å²) in [7, 11) is 4.15. The fourth-order valence-corrected chi connectivity index (χ4v) is 8.61. The van der Waals surface area contributed by atoms with Gasteiger partial charge in [0.15, 0.2) is 40.2 Å². The third-order valence-corrected chi connectivity index (χ3v) is 12.0. The summed E-state index contributed by atoms with van der Waals surface area (Å²) in [6.45, 7) is 17.9. The average molecular weight is 1040 g/mol. The molecule has 2 aromatic heterocycles. The quantitative estimate of drug-likeness (QED) is 0.0785. The maximum Gasteiger partial charge on any atom is 0.410 e. The average Bonchev–Trinajstić information content (AvgIpc) is 4.37. The number of esters is 1. The van der Waals surface area contributed by atoms with E-state index in [1.54, 1.807) is 90.3 Å². The van der Waals surface area contributed by atoms with Gasteiger partial charge in [0.25, 0.3) is 12.0 Å². The topological polar surface area (TPSA) is 217 Å². The first-order valence-electron chi connectivity index (χ1n) is 24.0. The monoisotopic (exact) mass is 1040 g/mol. The molecule has 10 rings (SSSR count). The molecule has 21 nitrogen and oxygen atoms in total. The van der Waals surface area contributed by atoms with Gasteiger partial charge in [-0.15, -0.1) is 0 Å². The first kappa shape index (κ1) is 51.6. The van der Waals surface area contributed by atoms with Crippen LogP contribution in [0.15, 0.2) is 109 Å². The summed E-state index contributed by atoms with van der Waals surface area (Å²) in [4.78, 5) is 80.7. The van der Waals surface area contributed by atoms with Gasteiger partial charge in [-0.1, -0.05) is 43.0 Å². The predicted octanol–water partition coefficient (Wildman–Crippen LogP) is 9.03. The number of aromatic amines is 2. The summed E-state index contributed by atoms with van der Waals surface area (Å²) in [5.41, 5.74) is 2.48. The van der Waals surface area contributed by atoms with Crippen LogP contribution in [0.3, 0.4) is 0 Å². The molecule has 2 unspecified atom stereocenters. The summed E-state index contributed by atoms with van der Waals surface area (Å²) < 4.78 is 50.5. The van der Waals surface area contributed by atoms with Crippen molar-refractivity contribution in [2.75, 3.05) is 47.9 Å². The van der Waals surface area contributed by atoms with E-state index in [9.17, 15) is 24.0 Å². The number of likely N-dealkylation sites (N-methyl/N-ethyl adjacent to an activating group) is 2. The lowest BCUT2D eigenvalue weighted by Gasteiger charge is -2.28. The van der Waals surface area contributed by atoms with Crippen molar-refractivity contribution < 1.29 is 66.6 Å². The zero-order valence-corrected chi connectivity index (χ0v) is 43.2. The SMILES string of the molecule is COC(=O)C1=C(c2c[nH]c3ccccc23)OC(c2ccc3c(c2)OCO3)N1C(=O)CN(C)C(=O)OC(C)(C)C.[C-]#[N+]C1=C(c2c[nH]c3ccccc23)OC(c2ccc3c(c2)OCO3)N1C(=O)CN(C)C(=O)OC(C)(C)C. The Morgan fingerprint density at radius 3 is 1.54 bits per heavy atom. The lowest BCUT2D eigenvalue weighted by molar-refractivity contribution is -0.145. The second kappa shape index (κ2) is 20.5. The van der Waals surface area contributed by atoms with Crippen LogP contribution < -0.4 is 18.9 Å². The van der Waals surface area contributed by atoms with Gasteiger partial charge < -0.3 is 62.3 Å². The molecular formula is C55H55N7O14. The van der Waals surface area contributed by atoms with Gasteiger partial charge in [0.2, 0.25) is 25.7 Å². The largest absolute Gasteiger partial charge is 0.464 e. The van der Waals surface area contributed by atoms with E-state index in [0.717, 1.165) is 26.7 Å². The van der Waals surface area contributed by atoms with Crippen LogP contribution >= 0.6 is 0 Å². The Bertz CT molecular complexity index is 3390. The molecule has 4 aliphatic heterocycles. The third-order valence-electron chi connectivity index (χ3n) is 12.0. The molecule has 0 fully saturated rings. The van der Waals surface area contributed by atoms with Crippen molar-refractivity contribution >= 4 is 63.3 Å². The highest BCUT2D eigenvalue weighted by molar-refractivity contribution is 6.05. The molecule has 76 heavy (non-hydrogen) atoms. The molecule has 0 spiro atoms. The molecule has 0 saturated carbocycles. The van der Waals surface area contributed by atoms with Gasteiger partial charge in [0.05, 0.1) is 7.11 Å². The van der Waals surface area contributed by atoms with Crippen LogP contribution in [0.2, 0.25) is 0 Å². The number of nitrogens with zero attached hydrogens (tertiary/aromatic N) is 5. The molecule has 4 amide bonds. The van der Waals surface area contributed by atoms with E-state index in [2.05, 4.69) is 14.8 Å². The molecular weight excluding hydrogens is 983 g/mol. The number of amides is 4. The van der Waals surface area contributed by atoms with Crippen LogP contribution in [0, 0.1) is 6.57 Å². The highest BCUT2D eigenvalue weighted by Gasteiger charge is 2.46. The van der Waals surface area contributed by atoms with Crippen molar-refractivity contribution in [2.45, 2.75) is 65.2 Å². The summed E-state index contributed by atoms with van der Waals surface area (Å²) in [5.74, 6) is 0.731. The number of methoxy groups -OCH3 is 1. The number of ether oxygens (including phenoxy) is 9. The smallest absolute Gasteiger partial charge is 0.410 e. The van der Waals surface area contributed by atoms with E-state index in [4.69, 9.17) is 49.2 Å². The number of carbonyl (C=O) groups is 5. The number of benzene rings is 4. The van der Waals surface area contributed by atoms with E-state index < -0.39 is 53.6 Å². The zero-order valence-electron chi connectivity index (χ0n) is 43.2. The minimum atomic E-state index is -1.06. The first-order chi connectivity index (χ1) is 36.2. The molecule has 394 valence electrons. The van der Waals surface area contributed by atoms with Gasteiger partial charge in [-0.3, -0.25) is 14.6 Å². The molecule has 0 bridgehead atoms. The van der Waals surface area contributed by atoms with Gasteiger partial charge in [-0.05, 0) is 90.1 Å². The number of para-hydroxylation sites is 2. The normalized spacial score (nSPS) is 16.4. The summed E-state index contributed by atoms with van der Waals surface area (Å²) >= 11 is 0. The van der Waals surface area contributed by atoms with E-state index in [1.807, 2.05) is 48.5 Å². The third kappa shape index (κ3) is 10.4. The van der Waals surface area contributed by atoms with Crippen molar-refractivity contribution in [1.29, 1.82) is 0 Å². The fraction of sp³-hybridized carbons (Fsp3) is 0.309. The number of hydrogen-bond donors (Lipinski definition) is 2. The molecule has 6 heterocycles. The second-order valence-electron chi connectivity index (χ2n) is 19.8. The van der Waals surface area contributed by atoms with Crippen LogP contribution in [-0.2, 0) is 38.1 Å². The Hall–Kier alpha value is -9.32. The Morgan fingerprint density at radius 2 is 1.07 bits per heavy atom. The lowest BCUT2D eigenvalue weighted by atomic mass is 10.1. The summed E-state index contributed by atoms with van der Waals surface area (Å²) in [5, 5.41) is 1.64. The molecule has 2 atom stereocenters. The van der Waals surface area contributed by atoms with E-state index in [-0.39, 0.29) is 49.7 Å². The number of fused-ring (bicyclic) bond motifs is 4. The molecule has 0 saturated heterocycles. The van der Waals surface area contributed by atoms with E-state index in [1.165, 1.54) is 35.9 Å². The molecule has 2 N–H and O–H groups in total. The zero-order chi connectivity index (χ0) is 54.2. The van der Waals surface area contributed by atoms with Crippen LogP contribution in [0.5, 0.6) is 23.0 Å². The predicted molar refractivity (Wildman–Crippen MR) is 273 cm³/mol. The Kier molecular flexibility index (Phi) is 13.9. The number of aromatic nitrogens is 2. The Balaban J connectivity index is 0.000000186. The maximum absolute atomic E-state index is 13.8. The van der Waals surface area contributed by atoms with Crippen molar-refractivity contribution in [3.05, 3.63) is 143 Å². The van der Waals surface area contributed by atoms with Crippen molar-refractivity contribution in [1.82, 2.24) is 29.6 Å². The first-order valence-corrected chi connectivity index (χ1v) is 24.0. The van der Waals surface area contributed by atoms with Gasteiger partial charge >= 0.3 is 24.1 Å². The van der Waals surface area contributed by atoms with E-state index in [0.29, 0.717) is 45.3 Å². The molecule has 0 aliphatic carbocycles. The molecule has 0 radical (unpaired) electrons. The molecule has 4 aliphatic rings. The standard InChI is InChI=1S/C28H29N3O8.C27H26N4O6/c1-28(2,3)39-27(34)30(4)14-22(32)31-23(26(33)35-5)24(18-13-29-19-9-7-6-8-17(18)19)38-25(31)16-10-11-20-21(12-16)37-15-36-20;1-27(2,3)37-26(33)30(5)14-22(32)31-24(28-4)23(18-13-29-19-9-7-6-8-17(18)19)36-25(31)16-10-11-20-21(12-16)35-15-34-20/h6-13,25,29H,14-15H2,1-5H3;6-13,25,29H,14-15H2,1-3,5H3. The van der Waals surface area contributed by atoms with E-state index >= 15 is 0 Å². The van der Waals surface area contributed by atoms with Crippen molar-refractivity contribution in [3.8, 4) is 23.0 Å². The molecule has 6 aromatic rings. The van der Waals surface area contributed by atoms with Gasteiger partial charge in [0.1, 0.15) is 24.3 Å². The molecule has 21 heteroatoms. The van der Waals surface area contributed by atoms with Crippen molar-refractivity contribution in [2.24, 2.45) is 0 Å². The van der Waals surface area contributed by atoms with Crippen molar-refractivity contribution in [3.63, 3.8) is 0 Å². The Morgan fingerprint density at radius 1 is 0.632 bits per heavy atom.